The van der Waals surface area contributed by atoms with Crippen molar-refractivity contribution >= 4 is 0 Å². The van der Waals surface area contributed by atoms with Crippen LogP contribution in [-0.4, -0.2) is 0 Å². The molecule has 0 N–H and O–H groups in total. The van der Waals surface area contributed by atoms with Gasteiger partial charge in [-0.3, -0.25) is 0 Å². The minimum atomic E-state index is -3.34. The quantitative estimate of drug-likeness (QED) is 0.576. The number of alkyl halides is 2. The Hall–Kier alpha value is -0.796. The van der Waals surface area contributed by atoms with Crippen LogP contribution in [-0.2, 0) is 38.8 Å². The Morgan fingerprint density at radius 1 is 0.958 bits per heavy atom. The molecule has 0 amide bonds. The van der Waals surface area contributed by atoms with E-state index in [1.165, 1.54) is 55.5 Å². The van der Waals surface area contributed by atoms with E-state index in [0.29, 0.717) is 5.92 Å². The molecule has 0 unspecified atom stereocenters. The van der Waals surface area contributed by atoms with E-state index in [-0.39, 0.29) is 44.0 Å². The summed E-state index contributed by atoms with van der Waals surface area (Å²) in [7, 11) is 0. The standard InChI is InChI=1S/C20H21F2O.Y/c1-15-7-9-16(10-8-15)17-11-13-19(14-12-17)23-20(21,22)18-5-3-2-4-6-18;/h3-6,11-16H,7-10H2,1H3;/q-1;+3. The number of benzene rings is 2. The summed E-state index contributed by atoms with van der Waals surface area (Å²) in [4.78, 5) is 0. The van der Waals surface area contributed by atoms with Crippen LogP contribution in [0.15, 0.2) is 48.5 Å². The molecular weight excluding hydrogens is 383 g/mol. The van der Waals surface area contributed by atoms with E-state index in [0.717, 1.165) is 5.92 Å². The number of halogens is 2. The summed E-state index contributed by atoms with van der Waals surface area (Å²) in [6, 6.07) is 15.4. The molecule has 1 aliphatic rings. The van der Waals surface area contributed by atoms with Crippen molar-refractivity contribution in [2.45, 2.75) is 44.6 Å². The second kappa shape index (κ2) is 8.53. The van der Waals surface area contributed by atoms with E-state index in [1.54, 1.807) is 12.1 Å². The Morgan fingerprint density at radius 3 is 2.12 bits per heavy atom. The minimum absolute atomic E-state index is 0. The first-order chi connectivity index (χ1) is 11.0. The first-order valence-corrected chi connectivity index (χ1v) is 8.18. The van der Waals surface area contributed by atoms with Crippen molar-refractivity contribution in [1.29, 1.82) is 0 Å². The van der Waals surface area contributed by atoms with Crippen LogP contribution >= 0.6 is 0 Å². The van der Waals surface area contributed by atoms with Gasteiger partial charge >= 0.3 is 38.8 Å². The molecule has 1 fully saturated rings. The van der Waals surface area contributed by atoms with Crippen LogP contribution in [0.2, 0.25) is 0 Å². The Bertz CT molecular complexity index is 620. The molecule has 0 atom stereocenters. The molecule has 1 aliphatic carbocycles. The van der Waals surface area contributed by atoms with Crippen LogP contribution in [0.4, 0.5) is 8.78 Å². The Kier molecular flexibility index (Phi) is 6.94. The number of rotatable bonds is 4. The molecule has 2 aromatic carbocycles. The molecule has 3 rings (SSSR count). The first-order valence-electron chi connectivity index (χ1n) is 8.18. The van der Waals surface area contributed by atoms with Gasteiger partial charge in [0.2, 0.25) is 0 Å². The normalized spacial score (nSPS) is 21.0. The zero-order chi connectivity index (χ0) is 16.3. The maximum Gasteiger partial charge on any atom is 3.00 e. The van der Waals surface area contributed by atoms with E-state index in [2.05, 4.69) is 13.0 Å². The van der Waals surface area contributed by atoms with Crippen molar-refractivity contribution in [2.24, 2.45) is 5.92 Å². The summed E-state index contributed by atoms with van der Waals surface area (Å²) in [6.07, 6.45) is 1.50. The molecule has 1 nitrogen and oxygen atoms in total. The third-order valence-corrected chi connectivity index (χ3v) is 4.67. The van der Waals surface area contributed by atoms with Crippen LogP contribution < -0.4 is 4.74 Å². The van der Waals surface area contributed by atoms with E-state index >= 15 is 0 Å². The fourth-order valence-electron chi connectivity index (χ4n) is 3.19. The molecular formula is C20H21F2OY+2. The van der Waals surface area contributed by atoms with Gasteiger partial charge in [-0.15, -0.1) is 0 Å². The van der Waals surface area contributed by atoms with Crippen molar-refractivity contribution in [3.05, 3.63) is 65.7 Å². The monoisotopic (exact) mass is 404 g/mol. The van der Waals surface area contributed by atoms with Gasteiger partial charge in [-0.2, -0.15) is 39.1 Å². The SMILES string of the molecule is CC1CCC(c2ccc(OC(F)(F)c3cc[c-]cc3)cc2)CC1.[Y+3]. The third-order valence-electron chi connectivity index (χ3n) is 4.67. The van der Waals surface area contributed by atoms with Gasteiger partial charge in [0, 0.05) is 0 Å². The van der Waals surface area contributed by atoms with Gasteiger partial charge in [0.1, 0.15) is 5.75 Å². The van der Waals surface area contributed by atoms with Gasteiger partial charge in [0.25, 0.3) is 0 Å². The zero-order valence-corrected chi connectivity index (χ0v) is 16.7. The summed E-state index contributed by atoms with van der Waals surface area (Å²) in [5.74, 6) is 1.54. The largest absolute Gasteiger partial charge is 3.00 e. The predicted molar refractivity (Wildman–Crippen MR) is 86.6 cm³/mol. The molecule has 0 saturated heterocycles. The molecule has 0 spiro atoms. The summed E-state index contributed by atoms with van der Waals surface area (Å²) >= 11 is 0. The van der Waals surface area contributed by atoms with Crippen molar-refractivity contribution in [1.82, 2.24) is 0 Å². The van der Waals surface area contributed by atoms with Crippen molar-refractivity contribution in [2.75, 3.05) is 0 Å². The molecule has 0 aliphatic heterocycles. The fourth-order valence-corrected chi connectivity index (χ4v) is 3.19. The smallest absolute Gasteiger partial charge is 0.430 e. The Labute approximate surface area is 167 Å². The maximum atomic E-state index is 14.1. The number of hydrogen-bond acceptors (Lipinski definition) is 1. The molecule has 0 aromatic heterocycles. The van der Waals surface area contributed by atoms with E-state index in [9.17, 15) is 8.78 Å². The molecule has 2 aromatic rings. The molecule has 0 radical (unpaired) electrons. The second-order valence-corrected chi connectivity index (χ2v) is 6.43. The average molecular weight is 404 g/mol. The van der Waals surface area contributed by atoms with Crippen LogP contribution in [0.1, 0.15) is 49.7 Å². The topological polar surface area (TPSA) is 9.23 Å². The predicted octanol–water partition coefficient (Wildman–Crippen LogP) is 5.91. The maximum absolute atomic E-state index is 14.1. The molecule has 0 heterocycles. The van der Waals surface area contributed by atoms with Gasteiger partial charge < -0.3 is 4.74 Å². The average Bonchev–Trinajstić information content (AvgIpc) is 2.57. The van der Waals surface area contributed by atoms with Gasteiger partial charge in [-0.1, -0.05) is 31.9 Å². The molecule has 0 bridgehead atoms. The summed E-state index contributed by atoms with van der Waals surface area (Å²) in [5, 5.41) is 0. The number of hydrogen-bond donors (Lipinski definition) is 0. The van der Waals surface area contributed by atoms with E-state index < -0.39 is 6.11 Å². The number of ether oxygens (including phenoxy) is 1. The molecule has 122 valence electrons. The van der Waals surface area contributed by atoms with Crippen LogP contribution in [0.3, 0.4) is 0 Å². The van der Waals surface area contributed by atoms with Crippen molar-refractivity contribution in [3.8, 4) is 5.75 Å². The minimum Gasteiger partial charge on any atom is -0.430 e. The summed E-state index contributed by atoms with van der Waals surface area (Å²) in [5.41, 5.74) is 1.06. The fraction of sp³-hybridized carbons (Fsp3) is 0.400. The van der Waals surface area contributed by atoms with E-state index in [4.69, 9.17) is 4.74 Å². The van der Waals surface area contributed by atoms with Gasteiger partial charge in [-0.05, 0) is 47.9 Å². The van der Waals surface area contributed by atoms with Gasteiger partial charge in [-0.25, -0.2) is 0 Å². The van der Waals surface area contributed by atoms with Crippen LogP contribution in [0, 0.1) is 12.0 Å². The zero-order valence-electron chi connectivity index (χ0n) is 13.8. The van der Waals surface area contributed by atoms with Crippen molar-refractivity contribution < 1.29 is 46.2 Å². The molecule has 1 saturated carbocycles. The van der Waals surface area contributed by atoms with Gasteiger partial charge in [0.05, 0.1) is 0 Å². The summed E-state index contributed by atoms with van der Waals surface area (Å²) < 4.78 is 33.1. The second-order valence-electron chi connectivity index (χ2n) is 6.43. The molecule has 4 heteroatoms. The Balaban J connectivity index is 0.00000208. The van der Waals surface area contributed by atoms with Crippen molar-refractivity contribution in [3.63, 3.8) is 0 Å². The van der Waals surface area contributed by atoms with Gasteiger partial charge in [0.15, 0.2) is 0 Å². The first kappa shape index (κ1) is 19.5. The van der Waals surface area contributed by atoms with Crippen LogP contribution in [0.25, 0.3) is 0 Å². The summed E-state index contributed by atoms with van der Waals surface area (Å²) in [6.45, 7) is 2.29. The molecule has 24 heavy (non-hydrogen) atoms. The Morgan fingerprint density at radius 2 is 1.54 bits per heavy atom. The van der Waals surface area contributed by atoms with Crippen LogP contribution in [0.5, 0.6) is 5.75 Å². The van der Waals surface area contributed by atoms with E-state index in [1.807, 2.05) is 12.1 Å². The third kappa shape index (κ3) is 4.86.